The van der Waals surface area contributed by atoms with E-state index < -0.39 is 0 Å². The smallest absolute Gasteiger partial charge is 0.0650 e. The fourth-order valence-corrected chi connectivity index (χ4v) is 3.97. The Morgan fingerprint density at radius 1 is 0.889 bits per heavy atom. The van der Waals surface area contributed by atoms with Gasteiger partial charge in [-0.3, -0.25) is 4.98 Å². The topological polar surface area (TPSA) is 16.1 Å². The minimum Gasteiger partial charge on any atom is -0.371 e. The third-order valence-corrected chi connectivity index (χ3v) is 5.37. The van der Waals surface area contributed by atoms with Crippen molar-refractivity contribution in [3.63, 3.8) is 0 Å². The van der Waals surface area contributed by atoms with Gasteiger partial charge in [0, 0.05) is 25.0 Å². The van der Waals surface area contributed by atoms with Gasteiger partial charge in [-0.25, -0.2) is 0 Å². The zero-order valence-corrected chi connectivity index (χ0v) is 16.9. The second-order valence-corrected chi connectivity index (χ2v) is 7.30. The number of rotatable bonds is 3. The van der Waals surface area contributed by atoms with Crippen LogP contribution in [-0.2, 0) is 0 Å². The van der Waals surface area contributed by atoms with E-state index in [2.05, 4.69) is 78.3 Å². The second-order valence-electron chi connectivity index (χ2n) is 7.30. The van der Waals surface area contributed by atoms with Crippen LogP contribution in [0.5, 0.6) is 0 Å². The van der Waals surface area contributed by atoms with Crippen LogP contribution in [0.2, 0.25) is 0 Å². The first-order valence-corrected chi connectivity index (χ1v) is 9.60. The molecule has 3 heteroatoms. The van der Waals surface area contributed by atoms with Crippen molar-refractivity contribution in [2.45, 2.75) is 33.1 Å². The van der Waals surface area contributed by atoms with Gasteiger partial charge in [0.2, 0.25) is 0 Å². The van der Waals surface area contributed by atoms with Crippen molar-refractivity contribution in [1.82, 2.24) is 4.98 Å². The molecule has 1 saturated heterocycles. The molecule has 1 aliphatic rings. The van der Waals surface area contributed by atoms with Gasteiger partial charge in [0.05, 0.1) is 5.69 Å². The van der Waals surface area contributed by atoms with Crippen molar-refractivity contribution < 1.29 is 0 Å². The Morgan fingerprint density at radius 3 is 2.41 bits per heavy atom. The van der Waals surface area contributed by atoms with Gasteiger partial charge in [-0.1, -0.05) is 42.5 Å². The van der Waals surface area contributed by atoms with E-state index in [1.165, 1.54) is 52.4 Å². The third-order valence-electron chi connectivity index (χ3n) is 5.37. The predicted octanol–water partition coefficient (Wildman–Crippen LogP) is 6.43. The lowest BCUT2D eigenvalue weighted by atomic mass is 9.99. The van der Waals surface area contributed by atoms with E-state index in [0.717, 1.165) is 18.8 Å². The molecule has 0 bridgehead atoms. The van der Waals surface area contributed by atoms with Crippen LogP contribution in [0.1, 0.15) is 41.6 Å². The molecule has 0 N–H and O–H groups in total. The number of halogens is 1. The molecule has 0 aliphatic carbocycles. The number of pyridine rings is 1. The molecular formula is C24H27ClN2. The van der Waals surface area contributed by atoms with E-state index in [1.54, 1.807) is 0 Å². The van der Waals surface area contributed by atoms with Crippen LogP contribution in [0.15, 0.2) is 48.7 Å². The van der Waals surface area contributed by atoms with Crippen molar-refractivity contribution in [2.24, 2.45) is 0 Å². The quantitative estimate of drug-likeness (QED) is 0.521. The SMILES string of the molecule is Cc1cnc(C=Cc2cccc3cccc(C)c23)cc1N1CCCCC1.Cl. The van der Waals surface area contributed by atoms with Crippen molar-refractivity contribution in [1.29, 1.82) is 0 Å². The fourth-order valence-electron chi connectivity index (χ4n) is 3.97. The molecule has 0 atom stereocenters. The highest BCUT2D eigenvalue weighted by Gasteiger charge is 2.13. The molecular weight excluding hydrogens is 352 g/mol. The Morgan fingerprint density at radius 2 is 1.63 bits per heavy atom. The minimum absolute atomic E-state index is 0. The standard InChI is InChI=1S/C24H26N2.ClH/c1-18-8-6-9-20-10-7-11-21(24(18)20)12-13-22-16-23(19(2)17-25-22)26-14-4-3-5-15-26;/h6-13,16-17H,3-5,14-15H2,1-2H3;1H. The average Bonchev–Trinajstić information content (AvgIpc) is 2.68. The summed E-state index contributed by atoms with van der Waals surface area (Å²) >= 11 is 0. The number of anilines is 1. The Labute approximate surface area is 168 Å². The maximum atomic E-state index is 4.64. The highest BCUT2D eigenvalue weighted by Crippen LogP contribution is 2.26. The molecule has 2 aromatic carbocycles. The second kappa shape index (κ2) is 8.58. The lowest BCUT2D eigenvalue weighted by molar-refractivity contribution is 0.577. The number of hydrogen-bond acceptors (Lipinski definition) is 2. The van der Waals surface area contributed by atoms with Crippen molar-refractivity contribution in [3.8, 4) is 0 Å². The minimum atomic E-state index is 0. The predicted molar refractivity (Wildman–Crippen MR) is 120 cm³/mol. The first kappa shape index (κ1) is 19.4. The van der Waals surface area contributed by atoms with E-state index in [1.807, 2.05) is 6.20 Å². The van der Waals surface area contributed by atoms with Crippen molar-refractivity contribution >= 4 is 41.0 Å². The Kier molecular flexibility index (Phi) is 6.18. The zero-order valence-electron chi connectivity index (χ0n) is 16.1. The van der Waals surface area contributed by atoms with Crippen molar-refractivity contribution in [2.75, 3.05) is 18.0 Å². The van der Waals surface area contributed by atoms with Crippen molar-refractivity contribution in [3.05, 3.63) is 71.0 Å². The maximum Gasteiger partial charge on any atom is 0.0650 e. The molecule has 4 rings (SSSR count). The number of fused-ring (bicyclic) bond motifs is 1. The van der Waals surface area contributed by atoms with Gasteiger partial charge < -0.3 is 4.90 Å². The number of piperidine rings is 1. The number of nitrogens with zero attached hydrogens (tertiary/aromatic N) is 2. The van der Waals surface area contributed by atoms with Crippen LogP contribution in [0.3, 0.4) is 0 Å². The molecule has 0 saturated carbocycles. The molecule has 0 radical (unpaired) electrons. The summed E-state index contributed by atoms with van der Waals surface area (Å²) in [6.07, 6.45) is 10.3. The Hall–Kier alpha value is -2.32. The molecule has 1 fully saturated rings. The first-order chi connectivity index (χ1) is 12.7. The normalized spacial score (nSPS) is 14.5. The van der Waals surface area contributed by atoms with E-state index in [-0.39, 0.29) is 12.4 Å². The van der Waals surface area contributed by atoms with E-state index in [0.29, 0.717) is 0 Å². The summed E-state index contributed by atoms with van der Waals surface area (Å²) in [6, 6.07) is 15.2. The summed E-state index contributed by atoms with van der Waals surface area (Å²) in [6.45, 7) is 6.67. The monoisotopic (exact) mass is 378 g/mol. The van der Waals surface area contributed by atoms with Crippen LogP contribution in [-0.4, -0.2) is 18.1 Å². The molecule has 2 nitrogen and oxygen atoms in total. The lowest BCUT2D eigenvalue weighted by Crippen LogP contribution is -2.30. The van der Waals surface area contributed by atoms with Gasteiger partial charge in [-0.15, -0.1) is 12.4 Å². The van der Waals surface area contributed by atoms with Crippen LogP contribution >= 0.6 is 12.4 Å². The lowest BCUT2D eigenvalue weighted by Gasteiger charge is -2.30. The molecule has 0 amide bonds. The molecule has 2 heterocycles. The van der Waals surface area contributed by atoms with Gasteiger partial charge in [0.15, 0.2) is 0 Å². The molecule has 3 aromatic rings. The zero-order chi connectivity index (χ0) is 17.9. The van der Waals surface area contributed by atoms with Gasteiger partial charge in [-0.2, -0.15) is 0 Å². The molecule has 0 spiro atoms. The third kappa shape index (κ3) is 4.17. The molecule has 27 heavy (non-hydrogen) atoms. The molecule has 140 valence electrons. The summed E-state index contributed by atoms with van der Waals surface area (Å²) in [5.41, 5.74) is 6.20. The first-order valence-electron chi connectivity index (χ1n) is 9.60. The Balaban J connectivity index is 0.00000210. The van der Waals surface area contributed by atoms with E-state index in [4.69, 9.17) is 0 Å². The number of aryl methyl sites for hydroxylation is 2. The van der Waals surface area contributed by atoms with E-state index >= 15 is 0 Å². The summed E-state index contributed by atoms with van der Waals surface area (Å²) < 4.78 is 0. The highest BCUT2D eigenvalue weighted by molar-refractivity contribution is 5.95. The van der Waals surface area contributed by atoms with E-state index in [9.17, 15) is 0 Å². The maximum absolute atomic E-state index is 4.64. The molecule has 1 aliphatic heterocycles. The Bertz CT molecular complexity index is 951. The van der Waals surface area contributed by atoms with Gasteiger partial charge in [0.25, 0.3) is 0 Å². The average molecular weight is 379 g/mol. The van der Waals surface area contributed by atoms with Crippen LogP contribution in [0.4, 0.5) is 5.69 Å². The number of aromatic nitrogens is 1. The highest BCUT2D eigenvalue weighted by atomic mass is 35.5. The summed E-state index contributed by atoms with van der Waals surface area (Å²) in [4.78, 5) is 7.15. The van der Waals surface area contributed by atoms with Gasteiger partial charge in [-0.05, 0) is 72.7 Å². The fraction of sp³-hybridized carbons (Fsp3) is 0.292. The summed E-state index contributed by atoms with van der Waals surface area (Å²) in [5.74, 6) is 0. The number of benzene rings is 2. The van der Waals surface area contributed by atoms with Gasteiger partial charge >= 0.3 is 0 Å². The molecule has 1 aromatic heterocycles. The van der Waals surface area contributed by atoms with Crippen LogP contribution in [0.25, 0.3) is 22.9 Å². The summed E-state index contributed by atoms with van der Waals surface area (Å²) in [5, 5.41) is 2.62. The molecule has 0 unspecified atom stereocenters. The number of hydrogen-bond donors (Lipinski definition) is 0. The largest absolute Gasteiger partial charge is 0.371 e. The van der Waals surface area contributed by atoms with Crippen LogP contribution in [0, 0.1) is 13.8 Å². The van der Waals surface area contributed by atoms with Crippen LogP contribution < -0.4 is 4.90 Å². The summed E-state index contributed by atoms with van der Waals surface area (Å²) in [7, 11) is 0. The van der Waals surface area contributed by atoms with Gasteiger partial charge in [0.1, 0.15) is 0 Å².